The van der Waals surface area contributed by atoms with Gasteiger partial charge in [-0.15, -0.1) is 7.16 Å². The Morgan fingerprint density at radius 1 is 0.909 bits per heavy atom. The van der Waals surface area contributed by atoms with Gasteiger partial charge in [0.15, 0.2) is 0 Å². The van der Waals surface area contributed by atoms with Crippen LogP contribution in [-0.4, -0.2) is 0 Å². The molecule has 11 heavy (non-hydrogen) atoms. The first kappa shape index (κ1) is 18.0. The van der Waals surface area contributed by atoms with Crippen LogP contribution in [-0.2, 0) is 42.1 Å². The molecule has 0 unspecified atom stereocenters. The number of allylic oxidation sites excluding steroid dienone is 4. The maximum absolute atomic E-state index is 5.36. The van der Waals surface area contributed by atoms with Crippen molar-refractivity contribution in [2.45, 2.75) is 0 Å². The van der Waals surface area contributed by atoms with E-state index in [-0.39, 0.29) is 42.1 Å². The molecular weight excluding hydrogens is 591 g/mol. The van der Waals surface area contributed by atoms with E-state index in [4.69, 9.17) is 26.3 Å². The van der Waals surface area contributed by atoms with Gasteiger partial charge in [-0.1, -0.05) is 0 Å². The molecule has 0 aliphatic carbocycles. The average molecular weight is 597 g/mol. The number of hydrogen-bond donors (Lipinski definition) is 0. The molecule has 0 saturated carbocycles. The van der Waals surface area contributed by atoms with E-state index in [1.165, 1.54) is 12.2 Å². The Balaban J connectivity index is -0.000000320. The van der Waals surface area contributed by atoms with Crippen molar-refractivity contribution in [1.29, 1.82) is 0 Å². The van der Waals surface area contributed by atoms with Crippen molar-refractivity contribution < 1.29 is 63.3 Å². The summed E-state index contributed by atoms with van der Waals surface area (Å²) in [4.78, 5) is 0. The summed E-state index contributed by atoms with van der Waals surface area (Å²) in [6.45, 7) is 20.9. The largest absolute Gasteiger partial charge is 2.00 e. The molecular formula is C8H6IW2+. The van der Waals surface area contributed by atoms with Crippen LogP contribution in [0.2, 0.25) is 0 Å². The Labute approximate surface area is 108 Å². The average Bonchev–Trinajstić information content (AvgIpc) is 1.87. The first-order valence-electron chi connectivity index (χ1n) is 2.20. The minimum atomic E-state index is -0.473. The van der Waals surface area contributed by atoms with Crippen molar-refractivity contribution >= 4 is 0 Å². The second-order valence-electron chi connectivity index (χ2n) is 1.20. The topological polar surface area (TPSA) is 0 Å². The molecule has 0 aliphatic rings. The first-order chi connectivity index (χ1) is 4.20. The molecule has 3 heteroatoms. The van der Waals surface area contributed by atoms with Gasteiger partial charge in [-0.3, -0.25) is 0 Å². The molecule has 0 aromatic heterocycles. The van der Waals surface area contributed by atoms with Gasteiger partial charge in [-0.25, -0.2) is 0 Å². The summed E-state index contributed by atoms with van der Waals surface area (Å²) in [5.41, 5.74) is 0. The molecule has 56 valence electrons. The van der Waals surface area contributed by atoms with E-state index < -0.39 is 21.2 Å². The maximum Gasteiger partial charge on any atom is 2.00 e. The third-order valence-corrected chi connectivity index (χ3v) is 2.50. The van der Waals surface area contributed by atoms with Crippen LogP contribution in [0, 0.1) is 26.3 Å². The molecule has 0 amide bonds. The Bertz CT molecular complexity index is 143. The fourth-order valence-electron chi connectivity index (χ4n) is 0.189. The number of hydrogen-bond acceptors (Lipinski definition) is 0. The summed E-state index contributed by atoms with van der Waals surface area (Å²) in [6.07, 6.45) is 2.70. The predicted octanol–water partition coefficient (Wildman–Crippen LogP) is -1.32. The molecule has 0 N–H and O–H groups in total. The fraction of sp³-hybridized carbons (Fsp3) is 0. The Morgan fingerprint density at radius 2 is 1.18 bits per heavy atom. The van der Waals surface area contributed by atoms with Gasteiger partial charge >= 0.3 is 42.1 Å². The van der Waals surface area contributed by atoms with Gasteiger partial charge < -0.3 is 38.5 Å². The molecule has 0 saturated heterocycles. The van der Waals surface area contributed by atoms with E-state index in [1.807, 2.05) is 0 Å². The van der Waals surface area contributed by atoms with Crippen LogP contribution in [0.4, 0.5) is 0 Å². The van der Waals surface area contributed by atoms with E-state index >= 15 is 0 Å². The summed E-state index contributed by atoms with van der Waals surface area (Å²) in [5, 5.41) is 0. The van der Waals surface area contributed by atoms with Crippen molar-refractivity contribution in [3.8, 4) is 0 Å². The zero-order chi connectivity index (χ0) is 7.28. The van der Waals surface area contributed by atoms with Crippen LogP contribution in [0.3, 0.4) is 0 Å². The summed E-state index contributed by atoms with van der Waals surface area (Å²) in [6, 6.07) is 0. The summed E-state index contributed by atoms with van der Waals surface area (Å²) in [7, 11) is 0. The van der Waals surface area contributed by atoms with Crippen molar-refractivity contribution in [2.24, 2.45) is 0 Å². The minimum absolute atomic E-state index is 0. The second-order valence-corrected chi connectivity index (χ2v) is 4.23. The Kier molecular flexibility index (Phi) is 18.1. The molecule has 0 bridgehead atoms. The van der Waals surface area contributed by atoms with Crippen LogP contribution >= 0.6 is 0 Å². The Morgan fingerprint density at radius 3 is 1.36 bits per heavy atom. The monoisotopic (exact) mass is 597 g/mol. The molecule has 0 nitrogen and oxygen atoms in total. The zero-order valence-corrected chi connectivity index (χ0v) is 13.7. The quantitative estimate of drug-likeness (QED) is 0.215. The third-order valence-electron chi connectivity index (χ3n) is 0.537. The van der Waals surface area contributed by atoms with Crippen LogP contribution < -0.4 is 21.2 Å². The van der Waals surface area contributed by atoms with Crippen molar-refractivity contribution in [1.82, 2.24) is 0 Å². The van der Waals surface area contributed by atoms with E-state index in [0.29, 0.717) is 7.16 Å². The Hall–Kier alpha value is 1.07. The van der Waals surface area contributed by atoms with Crippen LogP contribution in [0.25, 0.3) is 0 Å². The SMILES string of the molecule is [CH-]=CC(=[CH-])[I+]C(=[CH-])C=[CH-].[W+2].[W+2]. The van der Waals surface area contributed by atoms with Crippen LogP contribution in [0.15, 0.2) is 19.3 Å². The van der Waals surface area contributed by atoms with E-state index in [0.717, 1.165) is 0 Å². The summed E-state index contributed by atoms with van der Waals surface area (Å²) < 4.78 is 1.26. The summed E-state index contributed by atoms with van der Waals surface area (Å²) >= 11 is -0.473. The minimum Gasteiger partial charge on any atom is -0.390 e. The zero-order valence-electron chi connectivity index (χ0n) is 5.66. The maximum atomic E-state index is 5.36. The van der Waals surface area contributed by atoms with Crippen LogP contribution in [0.1, 0.15) is 0 Å². The molecule has 0 radical (unpaired) electrons. The summed E-state index contributed by atoms with van der Waals surface area (Å²) in [5.74, 6) is 0. The van der Waals surface area contributed by atoms with Gasteiger partial charge in [-0.2, -0.15) is 0 Å². The molecule has 0 heterocycles. The molecule has 0 spiro atoms. The van der Waals surface area contributed by atoms with Gasteiger partial charge in [0, 0.05) is 0 Å². The second kappa shape index (κ2) is 11.1. The van der Waals surface area contributed by atoms with Crippen LogP contribution in [0.5, 0.6) is 0 Å². The first-order valence-corrected chi connectivity index (χ1v) is 4.36. The fourth-order valence-corrected chi connectivity index (χ4v) is 1.27. The van der Waals surface area contributed by atoms with E-state index in [9.17, 15) is 0 Å². The van der Waals surface area contributed by atoms with Crippen molar-refractivity contribution in [3.63, 3.8) is 0 Å². The molecule has 0 atom stereocenters. The van der Waals surface area contributed by atoms with Gasteiger partial charge in [0.2, 0.25) is 0 Å². The normalized spacial score (nSPS) is 6.55. The molecule has 0 aromatic carbocycles. The van der Waals surface area contributed by atoms with Gasteiger partial charge in [0.1, 0.15) is 0 Å². The predicted molar refractivity (Wildman–Crippen MR) is 33.4 cm³/mol. The third kappa shape index (κ3) is 11.1. The smallest absolute Gasteiger partial charge is 0.390 e. The molecule has 0 aromatic rings. The van der Waals surface area contributed by atoms with Crippen molar-refractivity contribution in [3.05, 3.63) is 45.6 Å². The number of halogens is 1. The van der Waals surface area contributed by atoms with E-state index in [2.05, 4.69) is 0 Å². The van der Waals surface area contributed by atoms with Crippen molar-refractivity contribution in [2.75, 3.05) is 0 Å². The number of rotatable bonds is 4. The molecule has 0 rings (SSSR count). The standard InChI is InChI=1S/C8H6I.2W/c1-5-7(3)9-8(4)6-2;;/h1-6H;;/q-3;2*+2. The van der Waals surface area contributed by atoms with Gasteiger partial charge in [0.25, 0.3) is 0 Å². The van der Waals surface area contributed by atoms with E-state index in [1.54, 1.807) is 0 Å². The van der Waals surface area contributed by atoms with Gasteiger partial charge in [-0.05, 0) is 0 Å². The molecule has 0 aliphatic heterocycles. The van der Waals surface area contributed by atoms with Gasteiger partial charge in [0.05, 0.1) is 21.2 Å². The molecule has 0 fully saturated rings.